The Labute approximate surface area is 254 Å². The van der Waals surface area contributed by atoms with E-state index in [9.17, 15) is 19.6 Å². The summed E-state index contributed by atoms with van der Waals surface area (Å²) >= 11 is 0. The summed E-state index contributed by atoms with van der Waals surface area (Å²) in [7, 11) is 0. The van der Waals surface area contributed by atoms with Crippen LogP contribution in [0.15, 0.2) is 121 Å². The number of fused-ring (bicyclic) bond motifs is 2. The number of hydrogen-bond donors (Lipinski definition) is 1. The van der Waals surface area contributed by atoms with Gasteiger partial charge in [0.25, 0.3) is 17.7 Å². The highest BCUT2D eigenvalue weighted by atomic mass is 16.5. The van der Waals surface area contributed by atoms with E-state index >= 15 is 0 Å². The second-order valence-electron chi connectivity index (χ2n) is 11.6. The first kappa shape index (κ1) is 27.5. The third-order valence-corrected chi connectivity index (χ3v) is 8.67. The van der Waals surface area contributed by atoms with Gasteiger partial charge in [-0.15, -0.1) is 0 Å². The maximum Gasteiger partial charge on any atom is 0.270 e. The molecule has 0 bridgehead atoms. The average Bonchev–Trinajstić information content (AvgIpc) is 3.05. The number of amides is 3. The van der Waals surface area contributed by atoms with E-state index in [0.29, 0.717) is 16.5 Å². The number of nitrogens with zero attached hydrogens (tertiary/aromatic N) is 2. The minimum atomic E-state index is -1.25. The number of hydrogen-bond acceptors (Lipinski definition) is 4. The van der Waals surface area contributed by atoms with Gasteiger partial charge in [0.15, 0.2) is 0 Å². The molecule has 0 radical (unpaired) electrons. The van der Waals surface area contributed by atoms with Gasteiger partial charge in [-0.3, -0.25) is 24.5 Å². The third kappa shape index (κ3) is 4.26. The fourth-order valence-electron chi connectivity index (χ4n) is 6.67. The lowest BCUT2D eigenvalue weighted by Crippen LogP contribution is -2.56. The first-order valence-corrected chi connectivity index (χ1v) is 14.7. The Morgan fingerprint density at radius 3 is 1.55 bits per heavy atom. The number of imide groups is 1. The van der Waals surface area contributed by atoms with E-state index in [1.165, 1.54) is 0 Å². The molecular weight excluding hydrogens is 548 g/mol. The Morgan fingerprint density at radius 2 is 1.05 bits per heavy atom. The first-order valence-electron chi connectivity index (χ1n) is 14.7. The van der Waals surface area contributed by atoms with Gasteiger partial charge in [-0.05, 0) is 56.1 Å². The third-order valence-electron chi connectivity index (χ3n) is 8.67. The Bertz CT molecular complexity index is 1980. The van der Waals surface area contributed by atoms with Crippen LogP contribution in [0, 0.1) is 5.92 Å². The molecule has 6 aromatic rings. The molecule has 1 atom stereocenters. The molecule has 3 amide bonds. The lowest BCUT2D eigenvalue weighted by Gasteiger charge is -2.38. The van der Waals surface area contributed by atoms with Crippen LogP contribution in [0.1, 0.15) is 51.7 Å². The molecule has 6 nitrogen and oxygen atoms in total. The van der Waals surface area contributed by atoms with Crippen molar-refractivity contribution in [3.05, 3.63) is 144 Å². The van der Waals surface area contributed by atoms with Gasteiger partial charge in [-0.2, -0.15) is 0 Å². The van der Waals surface area contributed by atoms with Crippen LogP contribution >= 0.6 is 0 Å². The van der Waals surface area contributed by atoms with E-state index in [1.54, 1.807) is 38.1 Å². The highest BCUT2D eigenvalue weighted by Gasteiger charge is 2.45. The lowest BCUT2D eigenvalue weighted by atomic mass is 9.88. The van der Waals surface area contributed by atoms with E-state index < -0.39 is 35.7 Å². The molecule has 0 aromatic heterocycles. The van der Waals surface area contributed by atoms with Crippen LogP contribution in [-0.2, 0) is 4.79 Å². The molecule has 0 saturated carbocycles. The largest absolute Gasteiger partial charge is 0.285 e. The van der Waals surface area contributed by atoms with Crippen molar-refractivity contribution in [1.82, 2.24) is 9.96 Å². The number of benzene rings is 6. The van der Waals surface area contributed by atoms with E-state index in [4.69, 9.17) is 0 Å². The molecular formula is C38H30N2O4. The van der Waals surface area contributed by atoms with Crippen LogP contribution in [0.2, 0.25) is 0 Å². The molecule has 1 aliphatic heterocycles. The smallest absolute Gasteiger partial charge is 0.270 e. The van der Waals surface area contributed by atoms with Gasteiger partial charge in [0.2, 0.25) is 0 Å². The van der Waals surface area contributed by atoms with Crippen molar-refractivity contribution in [2.45, 2.75) is 25.9 Å². The predicted molar refractivity (Wildman–Crippen MR) is 171 cm³/mol. The van der Waals surface area contributed by atoms with Crippen molar-refractivity contribution in [2.24, 2.45) is 5.92 Å². The molecule has 0 saturated heterocycles. The Kier molecular flexibility index (Phi) is 6.71. The molecule has 6 heteroatoms. The Morgan fingerprint density at radius 1 is 0.614 bits per heavy atom. The number of hydroxylamine groups is 2. The minimum absolute atomic E-state index is 0.361. The summed E-state index contributed by atoms with van der Waals surface area (Å²) in [4.78, 5) is 43.7. The minimum Gasteiger partial charge on any atom is -0.285 e. The van der Waals surface area contributed by atoms with Gasteiger partial charge in [0.1, 0.15) is 12.1 Å². The molecule has 44 heavy (non-hydrogen) atoms. The van der Waals surface area contributed by atoms with E-state index in [2.05, 4.69) is 0 Å². The SMILES string of the molecule is CC(C)[C@@H](C(=O)N(O)C(c1cccc2ccccc12)c1cccc2ccccc12)N1C(=O)c2cccc3cccc(c23)C1=O. The molecule has 0 fully saturated rings. The molecule has 7 rings (SSSR count). The molecule has 216 valence electrons. The summed E-state index contributed by atoms with van der Waals surface area (Å²) in [6, 6.07) is 35.7. The van der Waals surface area contributed by atoms with Gasteiger partial charge in [-0.1, -0.05) is 123 Å². The monoisotopic (exact) mass is 578 g/mol. The Balaban J connectivity index is 1.39. The fourth-order valence-corrected chi connectivity index (χ4v) is 6.67. The number of carbonyl (C=O) groups excluding carboxylic acids is 3. The van der Waals surface area contributed by atoms with Crippen LogP contribution in [0.25, 0.3) is 32.3 Å². The molecule has 0 unspecified atom stereocenters. The van der Waals surface area contributed by atoms with Crippen molar-refractivity contribution in [2.75, 3.05) is 0 Å². The molecule has 1 N–H and O–H groups in total. The van der Waals surface area contributed by atoms with Crippen LogP contribution in [0.4, 0.5) is 0 Å². The molecule has 0 aliphatic carbocycles. The maximum absolute atomic E-state index is 14.6. The summed E-state index contributed by atoms with van der Waals surface area (Å²) in [5.41, 5.74) is 2.18. The highest BCUT2D eigenvalue weighted by Crippen LogP contribution is 2.38. The quantitative estimate of drug-likeness (QED) is 0.124. The van der Waals surface area contributed by atoms with Crippen molar-refractivity contribution in [3.8, 4) is 0 Å². The molecule has 1 heterocycles. The summed E-state index contributed by atoms with van der Waals surface area (Å²) in [6.07, 6.45) is 0. The standard InChI is InChI=1S/C38H30N2O4/c1-23(2)34(39-36(41)31-21-9-15-26-16-10-22-32(33(26)31)37(39)42)38(43)40(44)35(29-19-7-13-24-11-3-5-17-27(24)29)30-20-8-14-25-12-4-6-18-28(25)30/h3-23,34-35,44H,1-2H3/t34-/m0/s1. The van der Waals surface area contributed by atoms with Gasteiger partial charge >= 0.3 is 0 Å². The highest BCUT2D eigenvalue weighted by molar-refractivity contribution is 6.26. The van der Waals surface area contributed by atoms with Crippen molar-refractivity contribution < 1.29 is 19.6 Å². The molecule has 1 aliphatic rings. The van der Waals surface area contributed by atoms with Crippen molar-refractivity contribution in [3.63, 3.8) is 0 Å². The van der Waals surface area contributed by atoms with Gasteiger partial charge in [0.05, 0.1) is 0 Å². The summed E-state index contributed by atoms with van der Waals surface area (Å²) in [5.74, 6) is -2.33. The topological polar surface area (TPSA) is 77.9 Å². The number of carbonyl (C=O) groups is 3. The van der Waals surface area contributed by atoms with Gasteiger partial charge < -0.3 is 0 Å². The number of rotatable bonds is 6. The predicted octanol–water partition coefficient (Wildman–Crippen LogP) is 7.77. The summed E-state index contributed by atoms with van der Waals surface area (Å²) in [5, 5.41) is 17.9. The van der Waals surface area contributed by atoms with Crippen LogP contribution in [-0.4, -0.2) is 38.9 Å². The zero-order valence-corrected chi connectivity index (χ0v) is 24.3. The van der Waals surface area contributed by atoms with Crippen LogP contribution < -0.4 is 0 Å². The normalized spacial score (nSPS) is 13.8. The summed E-state index contributed by atoms with van der Waals surface area (Å²) < 4.78 is 0. The van der Waals surface area contributed by atoms with E-state index in [-0.39, 0.29) is 0 Å². The van der Waals surface area contributed by atoms with Crippen LogP contribution in [0.3, 0.4) is 0 Å². The fraction of sp³-hybridized carbons (Fsp3) is 0.132. The summed E-state index contributed by atoms with van der Waals surface area (Å²) in [6.45, 7) is 3.56. The second-order valence-corrected chi connectivity index (χ2v) is 11.6. The van der Waals surface area contributed by atoms with E-state index in [0.717, 1.165) is 48.0 Å². The van der Waals surface area contributed by atoms with Gasteiger partial charge in [0, 0.05) is 16.5 Å². The zero-order valence-electron chi connectivity index (χ0n) is 24.3. The molecule has 6 aromatic carbocycles. The van der Waals surface area contributed by atoms with Gasteiger partial charge in [-0.25, -0.2) is 5.06 Å². The van der Waals surface area contributed by atoms with E-state index in [1.807, 2.05) is 97.1 Å². The zero-order chi connectivity index (χ0) is 30.5. The van der Waals surface area contributed by atoms with Crippen LogP contribution in [0.5, 0.6) is 0 Å². The van der Waals surface area contributed by atoms with Crippen molar-refractivity contribution in [1.29, 1.82) is 0 Å². The molecule has 0 spiro atoms. The Hall–Kier alpha value is -5.33. The lowest BCUT2D eigenvalue weighted by molar-refractivity contribution is -0.178. The first-order chi connectivity index (χ1) is 21.4. The maximum atomic E-state index is 14.6. The second kappa shape index (κ2) is 10.7. The van der Waals surface area contributed by atoms with Crippen molar-refractivity contribution >= 4 is 50.0 Å². The average molecular weight is 579 g/mol.